The van der Waals surface area contributed by atoms with Crippen LogP contribution in [0.5, 0.6) is 0 Å². The Kier molecular flexibility index (Phi) is 6.43. The normalized spacial score (nSPS) is 21.8. The molecule has 1 heterocycles. The average molecular weight is 352 g/mol. The summed E-state index contributed by atoms with van der Waals surface area (Å²) in [6.07, 6.45) is 6.40. The van der Waals surface area contributed by atoms with E-state index in [1.807, 2.05) is 24.3 Å². The third-order valence-corrected chi connectivity index (χ3v) is 5.16. The summed E-state index contributed by atoms with van der Waals surface area (Å²) < 4.78 is 1.02. The molecule has 1 aliphatic heterocycles. The molecule has 2 atom stereocenters. The van der Waals surface area contributed by atoms with Crippen LogP contribution in [0.4, 0.5) is 0 Å². The van der Waals surface area contributed by atoms with Crippen molar-refractivity contribution in [3.05, 3.63) is 34.3 Å². The highest BCUT2D eigenvalue weighted by molar-refractivity contribution is 9.10. The molecule has 2 nitrogen and oxygen atoms in total. The molecule has 1 saturated heterocycles. The van der Waals surface area contributed by atoms with Crippen molar-refractivity contribution in [2.45, 2.75) is 52.0 Å². The molecule has 1 aromatic rings. The van der Waals surface area contributed by atoms with Crippen molar-refractivity contribution in [1.82, 2.24) is 4.90 Å². The second kappa shape index (κ2) is 8.09. The van der Waals surface area contributed by atoms with E-state index >= 15 is 0 Å². The van der Waals surface area contributed by atoms with Crippen molar-refractivity contribution < 1.29 is 4.79 Å². The molecule has 0 amide bonds. The third-order valence-electron chi connectivity index (χ3n) is 4.64. The van der Waals surface area contributed by atoms with Gasteiger partial charge in [0.25, 0.3) is 0 Å². The van der Waals surface area contributed by atoms with E-state index in [1.54, 1.807) is 0 Å². The molecule has 0 N–H and O–H groups in total. The fraction of sp³-hybridized carbons (Fsp3) is 0.611. The van der Waals surface area contributed by atoms with Gasteiger partial charge in [-0.3, -0.25) is 9.69 Å². The standard InChI is InChI=1S/C18H26BrNO/c1-3-5-15-6-4-12-20(13-11-15)14(2)18(21)16-7-9-17(19)10-8-16/h7-10,14-15H,3-6,11-13H2,1-2H3. The first-order valence-corrected chi connectivity index (χ1v) is 8.95. The summed E-state index contributed by atoms with van der Waals surface area (Å²) in [6, 6.07) is 7.71. The first-order valence-electron chi connectivity index (χ1n) is 8.15. The first kappa shape index (κ1) is 16.7. The number of carbonyl (C=O) groups excluding carboxylic acids is 1. The van der Waals surface area contributed by atoms with Crippen LogP contribution in [0.25, 0.3) is 0 Å². The fourth-order valence-electron chi connectivity index (χ4n) is 3.29. The first-order chi connectivity index (χ1) is 10.1. The van der Waals surface area contributed by atoms with E-state index in [0.717, 1.165) is 29.0 Å². The van der Waals surface area contributed by atoms with Gasteiger partial charge >= 0.3 is 0 Å². The van der Waals surface area contributed by atoms with Crippen LogP contribution < -0.4 is 0 Å². The molecule has 2 unspecified atom stereocenters. The molecule has 116 valence electrons. The lowest BCUT2D eigenvalue weighted by atomic mass is 9.96. The highest BCUT2D eigenvalue weighted by atomic mass is 79.9. The lowest BCUT2D eigenvalue weighted by molar-refractivity contribution is 0.0841. The van der Waals surface area contributed by atoms with Crippen LogP contribution in [0.3, 0.4) is 0 Å². The third kappa shape index (κ3) is 4.65. The molecule has 0 bridgehead atoms. The van der Waals surface area contributed by atoms with Gasteiger partial charge < -0.3 is 0 Å². The molecule has 0 aliphatic carbocycles. The molecule has 0 spiro atoms. The van der Waals surface area contributed by atoms with Gasteiger partial charge in [-0.05, 0) is 57.3 Å². The van der Waals surface area contributed by atoms with Crippen LogP contribution in [-0.4, -0.2) is 29.8 Å². The zero-order valence-corrected chi connectivity index (χ0v) is 14.7. The number of hydrogen-bond donors (Lipinski definition) is 0. The van der Waals surface area contributed by atoms with Crippen molar-refractivity contribution in [3.63, 3.8) is 0 Å². The van der Waals surface area contributed by atoms with E-state index in [4.69, 9.17) is 0 Å². The quantitative estimate of drug-likeness (QED) is 0.701. The van der Waals surface area contributed by atoms with Crippen molar-refractivity contribution in [2.75, 3.05) is 13.1 Å². The van der Waals surface area contributed by atoms with Gasteiger partial charge in [0.05, 0.1) is 6.04 Å². The molecule has 21 heavy (non-hydrogen) atoms. The van der Waals surface area contributed by atoms with Gasteiger partial charge in [-0.25, -0.2) is 0 Å². The summed E-state index contributed by atoms with van der Waals surface area (Å²) in [5, 5.41) is 0. The maximum absolute atomic E-state index is 12.6. The van der Waals surface area contributed by atoms with Gasteiger partial charge in [0, 0.05) is 10.0 Å². The minimum atomic E-state index is -0.00782. The van der Waals surface area contributed by atoms with Crippen molar-refractivity contribution in [2.24, 2.45) is 5.92 Å². The zero-order valence-electron chi connectivity index (χ0n) is 13.1. The van der Waals surface area contributed by atoms with Gasteiger partial charge in [-0.1, -0.05) is 47.8 Å². The van der Waals surface area contributed by atoms with E-state index in [2.05, 4.69) is 34.7 Å². The highest BCUT2D eigenvalue weighted by Gasteiger charge is 2.25. The van der Waals surface area contributed by atoms with Crippen LogP contribution in [0.1, 0.15) is 56.3 Å². The minimum absolute atomic E-state index is 0.00782. The second-order valence-corrected chi connectivity index (χ2v) is 7.08. The van der Waals surface area contributed by atoms with Crippen LogP contribution >= 0.6 is 15.9 Å². The Bertz CT molecular complexity index is 457. The number of Topliss-reactive ketones (excluding diaryl/α,β-unsaturated/α-hetero) is 1. The summed E-state index contributed by atoms with van der Waals surface area (Å²) in [5.74, 6) is 1.10. The lowest BCUT2D eigenvalue weighted by Gasteiger charge is -2.26. The fourth-order valence-corrected chi connectivity index (χ4v) is 3.56. The van der Waals surface area contributed by atoms with Crippen molar-refractivity contribution in [1.29, 1.82) is 0 Å². The maximum Gasteiger partial charge on any atom is 0.179 e. The predicted octanol–water partition coefficient (Wildman–Crippen LogP) is 4.92. The Morgan fingerprint density at radius 2 is 2.00 bits per heavy atom. The SMILES string of the molecule is CCCC1CCCN(C(C)C(=O)c2ccc(Br)cc2)CC1. The van der Waals surface area contributed by atoms with E-state index in [9.17, 15) is 4.79 Å². The number of benzene rings is 1. The van der Waals surface area contributed by atoms with E-state index in [0.29, 0.717) is 0 Å². The minimum Gasteiger partial charge on any atom is -0.293 e. The number of nitrogens with zero attached hydrogens (tertiary/aromatic N) is 1. The monoisotopic (exact) mass is 351 g/mol. The summed E-state index contributed by atoms with van der Waals surface area (Å²) in [5.41, 5.74) is 0.819. The van der Waals surface area contributed by atoms with Gasteiger partial charge in [-0.2, -0.15) is 0 Å². The topological polar surface area (TPSA) is 20.3 Å². The predicted molar refractivity (Wildman–Crippen MR) is 91.8 cm³/mol. The molecule has 0 saturated carbocycles. The Labute approximate surface area is 137 Å². The summed E-state index contributed by atoms with van der Waals surface area (Å²) >= 11 is 3.42. The smallest absolute Gasteiger partial charge is 0.179 e. The molecule has 1 fully saturated rings. The zero-order chi connectivity index (χ0) is 15.2. The number of carbonyl (C=O) groups is 1. The number of likely N-dealkylation sites (tertiary alicyclic amines) is 1. The lowest BCUT2D eigenvalue weighted by Crippen LogP contribution is -2.39. The average Bonchev–Trinajstić information content (AvgIpc) is 2.73. The van der Waals surface area contributed by atoms with Crippen LogP contribution in [0.2, 0.25) is 0 Å². The van der Waals surface area contributed by atoms with E-state index in [1.165, 1.54) is 32.1 Å². The molecule has 3 heteroatoms. The summed E-state index contributed by atoms with van der Waals surface area (Å²) in [4.78, 5) is 15.0. The van der Waals surface area contributed by atoms with Gasteiger partial charge in [0.15, 0.2) is 5.78 Å². The number of halogens is 1. The molecule has 0 radical (unpaired) electrons. The highest BCUT2D eigenvalue weighted by Crippen LogP contribution is 2.24. The van der Waals surface area contributed by atoms with Crippen molar-refractivity contribution >= 4 is 21.7 Å². The Morgan fingerprint density at radius 3 is 2.67 bits per heavy atom. The molecule has 0 aromatic heterocycles. The Balaban J connectivity index is 1.97. The Hall–Kier alpha value is -0.670. The number of hydrogen-bond acceptors (Lipinski definition) is 2. The molecular weight excluding hydrogens is 326 g/mol. The molecule has 2 rings (SSSR count). The van der Waals surface area contributed by atoms with Gasteiger partial charge in [-0.15, -0.1) is 0 Å². The van der Waals surface area contributed by atoms with E-state index < -0.39 is 0 Å². The van der Waals surface area contributed by atoms with Crippen molar-refractivity contribution in [3.8, 4) is 0 Å². The summed E-state index contributed by atoms with van der Waals surface area (Å²) in [6.45, 7) is 6.45. The largest absolute Gasteiger partial charge is 0.293 e. The second-order valence-electron chi connectivity index (χ2n) is 6.17. The maximum atomic E-state index is 12.6. The Morgan fingerprint density at radius 1 is 1.29 bits per heavy atom. The molecule has 1 aromatic carbocycles. The number of rotatable bonds is 5. The van der Waals surface area contributed by atoms with Gasteiger partial charge in [0.1, 0.15) is 0 Å². The van der Waals surface area contributed by atoms with Crippen LogP contribution in [0.15, 0.2) is 28.7 Å². The molecule has 1 aliphatic rings. The number of ketones is 1. The van der Waals surface area contributed by atoms with E-state index in [-0.39, 0.29) is 11.8 Å². The molecular formula is C18H26BrNO. The van der Waals surface area contributed by atoms with Crippen LogP contribution in [0, 0.1) is 5.92 Å². The van der Waals surface area contributed by atoms with Crippen LogP contribution in [-0.2, 0) is 0 Å². The van der Waals surface area contributed by atoms with Gasteiger partial charge in [0.2, 0.25) is 0 Å². The summed E-state index contributed by atoms with van der Waals surface area (Å²) in [7, 11) is 0.